The molecule has 0 N–H and O–H groups in total. The maximum Gasteiger partial charge on any atom is 0.171 e. The summed E-state index contributed by atoms with van der Waals surface area (Å²) in [4.78, 5) is 0. The number of pyridine rings is 1. The molecule has 0 fully saturated rings. The van der Waals surface area contributed by atoms with Gasteiger partial charge in [-0.2, -0.15) is 0 Å². The van der Waals surface area contributed by atoms with Gasteiger partial charge in [0.15, 0.2) is 12.4 Å². The van der Waals surface area contributed by atoms with Crippen LogP contribution < -0.4 is 4.57 Å². The third-order valence-corrected chi connectivity index (χ3v) is 2.23. The van der Waals surface area contributed by atoms with Gasteiger partial charge in [0.25, 0.3) is 0 Å². The molecule has 1 heterocycles. The van der Waals surface area contributed by atoms with Crippen LogP contribution in [0.15, 0.2) is 24.5 Å². The highest BCUT2D eigenvalue weighted by molar-refractivity contribution is 7.84. The molecule has 0 atom stereocenters. The van der Waals surface area contributed by atoms with E-state index in [1.54, 1.807) is 0 Å². The number of aryl methyl sites for hydroxylation is 2. The van der Waals surface area contributed by atoms with E-state index < -0.39 is 10.1 Å². The van der Waals surface area contributed by atoms with E-state index in [0.29, 0.717) is 6.26 Å². The number of unbranched alkanes of at least 4 members (excludes halogenated alkanes) is 1. The molecule has 104 valence electrons. The van der Waals surface area contributed by atoms with Crippen molar-refractivity contribution in [1.82, 2.24) is 0 Å². The summed E-state index contributed by atoms with van der Waals surface area (Å²) in [5.74, 6) is 0. The molecule has 0 radical (unpaired) electrons. The summed E-state index contributed by atoms with van der Waals surface area (Å²) in [6.45, 7) is 5.62. The second-order valence-corrected chi connectivity index (χ2v) is 5.67. The highest BCUT2D eigenvalue weighted by Crippen LogP contribution is 1.98. The van der Waals surface area contributed by atoms with Crippen LogP contribution in [0.25, 0.3) is 0 Å². The number of hydrogen-bond donors (Lipinski definition) is 0. The molecule has 0 bridgehead atoms. The van der Waals surface area contributed by atoms with Crippen LogP contribution in [0.2, 0.25) is 0 Å². The lowest BCUT2D eigenvalue weighted by Crippen LogP contribution is -2.33. The molecule has 1 aromatic rings. The lowest BCUT2D eigenvalue weighted by atomic mass is 10.2. The van der Waals surface area contributed by atoms with Gasteiger partial charge in [0, 0.05) is 24.3 Å². The molecular formula is C13H23NO3S. The van der Waals surface area contributed by atoms with Gasteiger partial charge in [0.1, 0.15) is 6.54 Å². The molecular weight excluding hydrogens is 250 g/mol. The molecule has 0 aliphatic carbocycles. The molecule has 4 nitrogen and oxygen atoms in total. The maximum atomic E-state index is 9.08. The highest BCUT2D eigenvalue weighted by atomic mass is 32.2. The minimum atomic E-state index is -3.92. The van der Waals surface area contributed by atoms with Crippen molar-refractivity contribution >= 4 is 10.1 Å². The van der Waals surface area contributed by atoms with Gasteiger partial charge in [-0.15, -0.1) is 0 Å². The van der Waals surface area contributed by atoms with Gasteiger partial charge in [0.05, 0.1) is 10.1 Å². The summed E-state index contributed by atoms with van der Waals surface area (Å²) in [5.41, 5.74) is 1.46. The standard InChI is InChI=1S/C12H20N.CH4O3S/c1-3-5-9-13-10-6-8-12(11-13)7-4-2;1-5(2,3)4/h6,8,10-11H,3-5,7,9H2,1-2H3;1H3,(H,2,3,4)/q+1;/p-1. The largest absolute Gasteiger partial charge is 0.748 e. The van der Waals surface area contributed by atoms with E-state index in [4.69, 9.17) is 13.0 Å². The second-order valence-electron chi connectivity index (χ2n) is 4.26. The van der Waals surface area contributed by atoms with Gasteiger partial charge in [-0.3, -0.25) is 0 Å². The van der Waals surface area contributed by atoms with Crippen LogP contribution in [0.5, 0.6) is 0 Å². The van der Waals surface area contributed by atoms with E-state index in [9.17, 15) is 0 Å². The Kier molecular flexibility index (Phi) is 8.58. The number of hydrogen-bond acceptors (Lipinski definition) is 3. The first-order valence-corrected chi connectivity index (χ1v) is 8.07. The zero-order chi connectivity index (χ0) is 14.0. The summed E-state index contributed by atoms with van der Waals surface area (Å²) in [6.07, 6.45) is 10.0. The minimum absolute atomic E-state index is 0.604. The Bertz CT molecular complexity index is 422. The number of rotatable bonds is 5. The van der Waals surface area contributed by atoms with Crippen molar-refractivity contribution in [2.75, 3.05) is 6.26 Å². The molecule has 1 aromatic heterocycles. The molecule has 0 spiro atoms. The Morgan fingerprint density at radius 2 is 1.89 bits per heavy atom. The zero-order valence-electron chi connectivity index (χ0n) is 11.4. The SMILES string of the molecule is CCCC[n+]1cccc(CCC)c1.CS(=O)(=O)[O-]. The fraction of sp³-hybridized carbons (Fsp3) is 0.615. The van der Waals surface area contributed by atoms with Crippen molar-refractivity contribution in [2.45, 2.75) is 46.1 Å². The summed E-state index contributed by atoms with van der Waals surface area (Å²) in [6, 6.07) is 4.37. The zero-order valence-corrected chi connectivity index (χ0v) is 12.2. The predicted octanol–water partition coefficient (Wildman–Crippen LogP) is 1.89. The molecule has 0 amide bonds. The van der Waals surface area contributed by atoms with Crippen molar-refractivity contribution in [1.29, 1.82) is 0 Å². The maximum absolute atomic E-state index is 9.08. The Morgan fingerprint density at radius 1 is 1.28 bits per heavy atom. The van der Waals surface area contributed by atoms with Gasteiger partial charge < -0.3 is 4.55 Å². The first kappa shape index (κ1) is 17.1. The molecule has 0 unspecified atom stereocenters. The van der Waals surface area contributed by atoms with Crippen LogP contribution in [0.4, 0.5) is 0 Å². The molecule has 18 heavy (non-hydrogen) atoms. The molecule has 0 aromatic carbocycles. The van der Waals surface area contributed by atoms with Gasteiger partial charge in [0.2, 0.25) is 0 Å². The van der Waals surface area contributed by atoms with E-state index in [0.717, 1.165) is 6.54 Å². The van der Waals surface area contributed by atoms with E-state index in [1.165, 1.54) is 31.2 Å². The van der Waals surface area contributed by atoms with E-state index in [-0.39, 0.29) is 0 Å². The Labute approximate surface area is 110 Å². The summed E-state index contributed by atoms with van der Waals surface area (Å²) in [5, 5.41) is 0. The topological polar surface area (TPSA) is 61.1 Å². The Morgan fingerprint density at radius 3 is 2.39 bits per heavy atom. The van der Waals surface area contributed by atoms with Crippen LogP contribution in [-0.2, 0) is 23.1 Å². The monoisotopic (exact) mass is 273 g/mol. The van der Waals surface area contributed by atoms with Crippen LogP contribution in [0.3, 0.4) is 0 Å². The first-order valence-electron chi connectivity index (χ1n) is 6.25. The quantitative estimate of drug-likeness (QED) is 0.608. The first-order chi connectivity index (χ1) is 8.36. The van der Waals surface area contributed by atoms with Gasteiger partial charge in [-0.05, 0) is 12.5 Å². The molecule has 0 saturated heterocycles. The summed E-state index contributed by atoms with van der Waals surface area (Å²) < 4.78 is 29.5. The van der Waals surface area contributed by atoms with Crippen LogP contribution in [-0.4, -0.2) is 19.2 Å². The van der Waals surface area contributed by atoms with Crippen molar-refractivity contribution in [3.63, 3.8) is 0 Å². The van der Waals surface area contributed by atoms with E-state index >= 15 is 0 Å². The predicted molar refractivity (Wildman–Crippen MR) is 71.2 cm³/mol. The fourth-order valence-corrected chi connectivity index (χ4v) is 1.49. The molecule has 1 rings (SSSR count). The van der Waals surface area contributed by atoms with Gasteiger partial charge in [-0.1, -0.05) is 26.7 Å². The van der Waals surface area contributed by atoms with Crippen LogP contribution in [0, 0.1) is 0 Å². The van der Waals surface area contributed by atoms with Crippen LogP contribution in [0.1, 0.15) is 38.7 Å². The van der Waals surface area contributed by atoms with Crippen molar-refractivity contribution in [3.8, 4) is 0 Å². The molecule has 0 saturated carbocycles. The van der Waals surface area contributed by atoms with Gasteiger partial charge in [-0.25, -0.2) is 13.0 Å². The smallest absolute Gasteiger partial charge is 0.171 e. The van der Waals surface area contributed by atoms with Crippen LogP contribution >= 0.6 is 0 Å². The Hall–Kier alpha value is -0.940. The molecule has 0 aliphatic heterocycles. The average Bonchev–Trinajstić information content (AvgIpc) is 2.25. The highest BCUT2D eigenvalue weighted by Gasteiger charge is 2.00. The summed E-state index contributed by atoms with van der Waals surface area (Å²) in [7, 11) is -3.92. The minimum Gasteiger partial charge on any atom is -0.748 e. The number of aromatic nitrogens is 1. The lowest BCUT2D eigenvalue weighted by Gasteiger charge is -1.98. The van der Waals surface area contributed by atoms with E-state index in [2.05, 4.69) is 42.9 Å². The van der Waals surface area contributed by atoms with Crippen molar-refractivity contribution in [2.24, 2.45) is 0 Å². The van der Waals surface area contributed by atoms with Crippen molar-refractivity contribution < 1.29 is 17.5 Å². The second kappa shape index (κ2) is 9.05. The Balaban J connectivity index is 0.000000494. The average molecular weight is 273 g/mol. The third-order valence-electron chi connectivity index (χ3n) is 2.23. The van der Waals surface area contributed by atoms with E-state index in [1.807, 2.05) is 0 Å². The third kappa shape index (κ3) is 11.5. The van der Waals surface area contributed by atoms with Gasteiger partial charge >= 0.3 is 0 Å². The molecule has 5 heteroatoms. The normalized spacial score (nSPS) is 10.7. The number of nitrogens with zero attached hydrogens (tertiary/aromatic N) is 1. The summed E-state index contributed by atoms with van der Waals surface area (Å²) >= 11 is 0. The lowest BCUT2D eigenvalue weighted by molar-refractivity contribution is -0.697. The van der Waals surface area contributed by atoms with Crippen molar-refractivity contribution in [3.05, 3.63) is 30.1 Å². The molecule has 0 aliphatic rings. The fourth-order valence-electron chi connectivity index (χ4n) is 1.49.